The molecule has 0 spiro atoms. The number of para-hydroxylation sites is 2. The van der Waals surface area contributed by atoms with E-state index in [4.69, 9.17) is 4.74 Å². The van der Waals surface area contributed by atoms with Gasteiger partial charge in [0.1, 0.15) is 11.4 Å². The lowest BCUT2D eigenvalue weighted by Gasteiger charge is -2.19. The zero-order chi connectivity index (χ0) is 16.8. The van der Waals surface area contributed by atoms with E-state index >= 15 is 0 Å². The van der Waals surface area contributed by atoms with Crippen LogP contribution in [0.25, 0.3) is 0 Å². The van der Waals surface area contributed by atoms with Gasteiger partial charge in [-0.3, -0.25) is 4.79 Å². The van der Waals surface area contributed by atoms with Gasteiger partial charge in [0.05, 0.1) is 24.7 Å². The smallest absolute Gasteiger partial charge is 0.272 e. The number of hydrogen-bond acceptors (Lipinski definition) is 4. The van der Waals surface area contributed by atoms with Gasteiger partial charge in [-0.25, -0.2) is 4.98 Å². The highest BCUT2D eigenvalue weighted by atomic mass is 16.5. The lowest BCUT2D eigenvalue weighted by molar-refractivity contribution is 0.0756. The minimum Gasteiger partial charge on any atom is -0.495 e. The lowest BCUT2D eigenvalue weighted by Crippen LogP contribution is -2.32. The summed E-state index contributed by atoms with van der Waals surface area (Å²) < 4.78 is 5.33. The second-order valence-electron chi connectivity index (χ2n) is 5.96. The third-order valence-electron chi connectivity index (χ3n) is 4.26. The summed E-state index contributed by atoms with van der Waals surface area (Å²) in [7, 11) is 1.64. The van der Waals surface area contributed by atoms with E-state index in [9.17, 15) is 4.79 Å². The van der Waals surface area contributed by atoms with Crippen molar-refractivity contribution in [2.75, 3.05) is 25.5 Å². The van der Waals surface area contributed by atoms with Crippen molar-refractivity contribution in [1.82, 2.24) is 9.88 Å². The summed E-state index contributed by atoms with van der Waals surface area (Å²) >= 11 is 0. The molecule has 1 fully saturated rings. The molecule has 24 heavy (non-hydrogen) atoms. The van der Waals surface area contributed by atoms with Gasteiger partial charge in [-0.05, 0) is 37.1 Å². The summed E-state index contributed by atoms with van der Waals surface area (Å²) in [5.41, 5.74) is 2.20. The summed E-state index contributed by atoms with van der Waals surface area (Å²) in [6.07, 6.45) is 6.27. The number of rotatable bonds is 4. The molecule has 1 saturated heterocycles. The van der Waals surface area contributed by atoms with Crippen LogP contribution in [0.5, 0.6) is 5.75 Å². The first-order chi connectivity index (χ1) is 11.8. The minimum atomic E-state index is 0.0285. The SMILES string of the molecule is COc1ccccc1Nc1ccc(C(=O)N2CCCCCC2)nc1. The summed E-state index contributed by atoms with van der Waals surface area (Å²) in [6, 6.07) is 11.4. The Morgan fingerprint density at radius 1 is 1.08 bits per heavy atom. The van der Waals surface area contributed by atoms with Crippen LogP contribution in [0, 0.1) is 0 Å². The number of nitrogens with one attached hydrogen (secondary N) is 1. The number of methoxy groups -OCH3 is 1. The maximum Gasteiger partial charge on any atom is 0.272 e. The zero-order valence-corrected chi connectivity index (χ0v) is 14.0. The van der Waals surface area contributed by atoms with Crippen LogP contribution in [-0.4, -0.2) is 36.0 Å². The molecule has 0 saturated carbocycles. The molecule has 1 aromatic heterocycles. The first kappa shape index (κ1) is 16.3. The third kappa shape index (κ3) is 3.85. The first-order valence-electron chi connectivity index (χ1n) is 8.43. The molecule has 5 heteroatoms. The van der Waals surface area contributed by atoms with E-state index in [1.54, 1.807) is 19.4 Å². The molecule has 1 N–H and O–H groups in total. The van der Waals surface area contributed by atoms with E-state index in [0.717, 1.165) is 43.1 Å². The van der Waals surface area contributed by atoms with Gasteiger partial charge in [0.25, 0.3) is 5.91 Å². The minimum absolute atomic E-state index is 0.0285. The first-order valence-corrected chi connectivity index (χ1v) is 8.43. The van der Waals surface area contributed by atoms with Crippen molar-refractivity contribution in [2.24, 2.45) is 0 Å². The fraction of sp³-hybridized carbons (Fsp3) is 0.368. The number of pyridine rings is 1. The maximum atomic E-state index is 12.5. The fourth-order valence-corrected chi connectivity index (χ4v) is 2.93. The van der Waals surface area contributed by atoms with Crippen molar-refractivity contribution in [3.05, 3.63) is 48.3 Å². The van der Waals surface area contributed by atoms with Gasteiger partial charge < -0.3 is 15.0 Å². The Bertz CT molecular complexity index is 677. The Balaban J connectivity index is 1.69. The summed E-state index contributed by atoms with van der Waals surface area (Å²) in [6.45, 7) is 1.67. The summed E-state index contributed by atoms with van der Waals surface area (Å²) in [5.74, 6) is 0.794. The Kier molecular flexibility index (Phi) is 5.31. The maximum absolute atomic E-state index is 12.5. The van der Waals surface area contributed by atoms with Gasteiger partial charge in [0.2, 0.25) is 0 Å². The predicted octanol–water partition coefficient (Wildman–Crippen LogP) is 3.85. The van der Waals surface area contributed by atoms with E-state index in [-0.39, 0.29) is 5.91 Å². The van der Waals surface area contributed by atoms with Crippen LogP contribution in [0.3, 0.4) is 0 Å². The highest BCUT2D eigenvalue weighted by Gasteiger charge is 2.18. The fourth-order valence-electron chi connectivity index (χ4n) is 2.93. The van der Waals surface area contributed by atoms with Crippen LogP contribution in [-0.2, 0) is 0 Å². The van der Waals surface area contributed by atoms with Crippen LogP contribution in [0.15, 0.2) is 42.6 Å². The largest absolute Gasteiger partial charge is 0.495 e. The molecule has 1 aromatic carbocycles. The Morgan fingerprint density at radius 3 is 2.50 bits per heavy atom. The number of ether oxygens (including phenoxy) is 1. The Labute approximate surface area is 142 Å². The van der Waals surface area contributed by atoms with Crippen molar-refractivity contribution < 1.29 is 9.53 Å². The standard InChI is InChI=1S/C19H23N3O2/c1-24-18-9-5-4-8-16(18)21-15-10-11-17(20-14-15)19(23)22-12-6-2-3-7-13-22/h4-5,8-11,14,21H,2-3,6-7,12-13H2,1H3. The number of benzene rings is 1. The number of anilines is 2. The quantitative estimate of drug-likeness (QED) is 0.927. The molecular formula is C19H23N3O2. The molecule has 0 unspecified atom stereocenters. The second kappa shape index (κ2) is 7.81. The number of hydrogen-bond donors (Lipinski definition) is 1. The van der Waals surface area contributed by atoms with E-state index in [1.165, 1.54) is 12.8 Å². The van der Waals surface area contributed by atoms with Gasteiger partial charge in [0, 0.05) is 13.1 Å². The van der Waals surface area contributed by atoms with Crippen molar-refractivity contribution in [1.29, 1.82) is 0 Å². The average molecular weight is 325 g/mol. The summed E-state index contributed by atoms with van der Waals surface area (Å²) in [5, 5.41) is 3.27. The lowest BCUT2D eigenvalue weighted by atomic mass is 10.2. The molecule has 5 nitrogen and oxygen atoms in total. The van der Waals surface area contributed by atoms with Gasteiger partial charge in [0.15, 0.2) is 0 Å². The normalized spacial score (nSPS) is 14.8. The van der Waals surface area contributed by atoms with Gasteiger partial charge in [-0.2, -0.15) is 0 Å². The average Bonchev–Trinajstić information content (AvgIpc) is 2.92. The van der Waals surface area contributed by atoms with Crippen molar-refractivity contribution in [3.8, 4) is 5.75 Å². The van der Waals surface area contributed by atoms with Crippen molar-refractivity contribution in [2.45, 2.75) is 25.7 Å². The monoisotopic (exact) mass is 325 g/mol. The molecule has 1 aliphatic rings. The van der Waals surface area contributed by atoms with E-state index in [2.05, 4.69) is 10.3 Å². The molecule has 126 valence electrons. The molecule has 2 heterocycles. The second-order valence-corrected chi connectivity index (χ2v) is 5.96. The molecule has 2 aromatic rings. The number of nitrogens with zero attached hydrogens (tertiary/aromatic N) is 2. The third-order valence-corrected chi connectivity index (χ3v) is 4.26. The van der Waals surface area contributed by atoms with Crippen molar-refractivity contribution >= 4 is 17.3 Å². The number of aromatic nitrogens is 1. The number of carbonyl (C=O) groups is 1. The molecule has 0 aliphatic carbocycles. The Hall–Kier alpha value is -2.56. The van der Waals surface area contributed by atoms with Crippen LogP contribution in [0.4, 0.5) is 11.4 Å². The predicted molar refractivity (Wildman–Crippen MR) is 94.9 cm³/mol. The molecule has 3 rings (SSSR count). The van der Waals surface area contributed by atoms with E-state index in [1.807, 2.05) is 35.2 Å². The number of likely N-dealkylation sites (tertiary alicyclic amines) is 1. The molecule has 0 bridgehead atoms. The molecule has 1 aliphatic heterocycles. The highest BCUT2D eigenvalue weighted by Crippen LogP contribution is 2.26. The molecular weight excluding hydrogens is 302 g/mol. The van der Waals surface area contributed by atoms with Crippen LogP contribution in [0.1, 0.15) is 36.2 Å². The van der Waals surface area contributed by atoms with E-state index in [0.29, 0.717) is 5.69 Å². The van der Waals surface area contributed by atoms with Gasteiger partial charge in [-0.15, -0.1) is 0 Å². The topological polar surface area (TPSA) is 54.5 Å². The van der Waals surface area contributed by atoms with Crippen LogP contribution < -0.4 is 10.1 Å². The molecule has 1 amide bonds. The van der Waals surface area contributed by atoms with Crippen molar-refractivity contribution in [3.63, 3.8) is 0 Å². The van der Waals surface area contributed by atoms with Crippen LogP contribution >= 0.6 is 0 Å². The van der Waals surface area contributed by atoms with E-state index < -0.39 is 0 Å². The summed E-state index contributed by atoms with van der Waals surface area (Å²) in [4.78, 5) is 18.8. The highest BCUT2D eigenvalue weighted by molar-refractivity contribution is 5.92. The molecule has 0 atom stereocenters. The Morgan fingerprint density at radius 2 is 1.83 bits per heavy atom. The zero-order valence-electron chi connectivity index (χ0n) is 14.0. The molecule has 0 radical (unpaired) electrons. The number of carbonyl (C=O) groups excluding carboxylic acids is 1. The van der Waals surface area contributed by atoms with Crippen LogP contribution in [0.2, 0.25) is 0 Å². The number of amides is 1. The van der Waals surface area contributed by atoms with Gasteiger partial charge >= 0.3 is 0 Å². The van der Waals surface area contributed by atoms with Gasteiger partial charge in [-0.1, -0.05) is 25.0 Å².